The molecule has 5 nitrogen and oxygen atoms in total. The SMILES string of the molecule is CSc1ccccc1CCC(C)Nc1ncnc(N)n1. The van der Waals surface area contributed by atoms with Gasteiger partial charge >= 0.3 is 0 Å². The number of nitrogens with one attached hydrogen (secondary N) is 1. The lowest BCUT2D eigenvalue weighted by Gasteiger charge is -2.14. The van der Waals surface area contributed by atoms with Crippen LogP contribution >= 0.6 is 11.8 Å². The molecule has 1 heterocycles. The van der Waals surface area contributed by atoms with E-state index in [1.54, 1.807) is 11.8 Å². The van der Waals surface area contributed by atoms with Crippen molar-refractivity contribution in [3.8, 4) is 0 Å². The minimum Gasteiger partial charge on any atom is -0.368 e. The molecule has 0 aliphatic carbocycles. The predicted octanol–water partition coefficient (Wildman–Crippen LogP) is 2.61. The van der Waals surface area contributed by atoms with Crippen molar-refractivity contribution >= 4 is 23.7 Å². The van der Waals surface area contributed by atoms with Crippen LogP contribution in [0.4, 0.5) is 11.9 Å². The zero-order chi connectivity index (χ0) is 14.4. The zero-order valence-electron chi connectivity index (χ0n) is 11.7. The van der Waals surface area contributed by atoms with Crippen LogP contribution in [0.25, 0.3) is 0 Å². The molecule has 20 heavy (non-hydrogen) atoms. The van der Waals surface area contributed by atoms with E-state index in [1.807, 2.05) is 0 Å². The molecule has 0 amide bonds. The van der Waals surface area contributed by atoms with Gasteiger partial charge in [0.15, 0.2) is 0 Å². The Bertz CT molecular complexity index is 561. The number of aromatic nitrogens is 3. The molecule has 0 saturated heterocycles. The summed E-state index contributed by atoms with van der Waals surface area (Å²) in [5, 5.41) is 3.24. The largest absolute Gasteiger partial charge is 0.368 e. The molecular formula is C14H19N5S. The predicted molar refractivity (Wildman–Crippen MR) is 83.9 cm³/mol. The molecule has 0 spiro atoms. The molecule has 1 atom stereocenters. The van der Waals surface area contributed by atoms with Crippen molar-refractivity contribution in [2.24, 2.45) is 0 Å². The first kappa shape index (κ1) is 14.6. The van der Waals surface area contributed by atoms with Gasteiger partial charge in [0.1, 0.15) is 6.33 Å². The van der Waals surface area contributed by atoms with Crippen molar-refractivity contribution in [3.63, 3.8) is 0 Å². The summed E-state index contributed by atoms with van der Waals surface area (Å²) in [6.07, 6.45) is 5.55. The van der Waals surface area contributed by atoms with E-state index in [0.717, 1.165) is 12.8 Å². The Morgan fingerprint density at radius 3 is 2.85 bits per heavy atom. The number of aryl methyl sites for hydroxylation is 1. The third-order valence-corrected chi connectivity index (χ3v) is 3.84. The number of hydrogen-bond acceptors (Lipinski definition) is 6. The smallest absolute Gasteiger partial charge is 0.227 e. The van der Waals surface area contributed by atoms with Crippen molar-refractivity contribution in [1.82, 2.24) is 15.0 Å². The van der Waals surface area contributed by atoms with Crippen LogP contribution in [-0.2, 0) is 6.42 Å². The number of anilines is 2. The molecule has 106 valence electrons. The van der Waals surface area contributed by atoms with Crippen molar-refractivity contribution in [2.45, 2.75) is 30.7 Å². The molecule has 2 aromatic rings. The summed E-state index contributed by atoms with van der Waals surface area (Å²) in [4.78, 5) is 13.2. The maximum Gasteiger partial charge on any atom is 0.227 e. The van der Waals surface area contributed by atoms with Crippen molar-refractivity contribution in [3.05, 3.63) is 36.2 Å². The zero-order valence-corrected chi connectivity index (χ0v) is 12.5. The summed E-state index contributed by atoms with van der Waals surface area (Å²) < 4.78 is 0. The first-order valence-corrected chi connectivity index (χ1v) is 7.74. The van der Waals surface area contributed by atoms with Crippen LogP contribution in [-0.4, -0.2) is 27.2 Å². The van der Waals surface area contributed by atoms with E-state index in [9.17, 15) is 0 Å². The van der Waals surface area contributed by atoms with Gasteiger partial charge in [-0.25, -0.2) is 9.97 Å². The van der Waals surface area contributed by atoms with E-state index in [2.05, 4.69) is 57.7 Å². The van der Waals surface area contributed by atoms with Crippen LogP contribution in [0.1, 0.15) is 18.9 Å². The molecule has 1 aromatic heterocycles. The number of hydrogen-bond donors (Lipinski definition) is 2. The van der Waals surface area contributed by atoms with Gasteiger partial charge in [0.2, 0.25) is 11.9 Å². The number of nitrogen functional groups attached to an aromatic ring is 1. The highest BCUT2D eigenvalue weighted by atomic mass is 32.2. The van der Waals surface area contributed by atoms with Crippen LogP contribution in [0.3, 0.4) is 0 Å². The molecule has 0 aliphatic rings. The average molecular weight is 289 g/mol. The third kappa shape index (κ3) is 4.09. The van der Waals surface area contributed by atoms with E-state index in [1.165, 1.54) is 16.8 Å². The van der Waals surface area contributed by atoms with Crippen LogP contribution in [0, 0.1) is 0 Å². The molecular weight excluding hydrogens is 270 g/mol. The second-order valence-corrected chi connectivity index (χ2v) is 5.41. The Labute approximate surface area is 123 Å². The fourth-order valence-electron chi connectivity index (χ4n) is 1.95. The average Bonchev–Trinajstić information content (AvgIpc) is 2.45. The topological polar surface area (TPSA) is 76.7 Å². The van der Waals surface area contributed by atoms with Gasteiger partial charge in [-0.05, 0) is 37.7 Å². The van der Waals surface area contributed by atoms with E-state index in [0.29, 0.717) is 5.95 Å². The van der Waals surface area contributed by atoms with E-state index in [-0.39, 0.29) is 12.0 Å². The van der Waals surface area contributed by atoms with E-state index < -0.39 is 0 Å². The molecule has 0 aliphatic heterocycles. The highest BCUT2D eigenvalue weighted by Gasteiger charge is 2.07. The molecule has 0 fully saturated rings. The van der Waals surface area contributed by atoms with Gasteiger partial charge < -0.3 is 11.1 Å². The van der Waals surface area contributed by atoms with Gasteiger partial charge in [0, 0.05) is 10.9 Å². The Hall–Kier alpha value is -1.82. The Morgan fingerprint density at radius 2 is 2.10 bits per heavy atom. The van der Waals surface area contributed by atoms with Crippen molar-refractivity contribution < 1.29 is 0 Å². The van der Waals surface area contributed by atoms with Gasteiger partial charge in [-0.1, -0.05) is 18.2 Å². The lowest BCUT2D eigenvalue weighted by molar-refractivity contribution is 0.693. The number of nitrogens with zero attached hydrogens (tertiary/aromatic N) is 3. The first-order chi connectivity index (χ1) is 9.69. The summed E-state index contributed by atoms with van der Waals surface area (Å²) >= 11 is 1.78. The lowest BCUT2D eigenvalue weighted by Crippen LogP contribution is -2.18. The maximum atomic E-state index is 5.53. The van der Waals surface area contributed by atoms with Gasteiger partial charge in [-0.15, -0.1) is 11.8 Å². The second-order valence-electron chi connectivity index (χ2n) is 4.56. The van der Waals surface area contributed by atoms with Crippen molar-refractivity contribution in [1.29, 1.82) is 0 Å². The minimum atomic E-state index is 0.238. The molecule has 2 rings (SSSR count). The van der Waals surface area contributed by atoms with Crippen molar-refractivity contribution in [2.75, 3.05) is 17.3 Å². The van der Waals surface area contributed by atoms with Gasteiger partial charge in [-0.2, -0.15) is 4.98 Å². The fourth-order valence-corrected chi connectivity index (χ4v) is 2.60. The molecule has 0 bridgehead atoms. The number of thioether (sulfide) groups is 1. The minimum absolute atomic E-state index is 0.238. The molecule has 0 saturated carbocycles. The quantitative estimate of drug-likeness (QED) is 0.796. The third-order valence-electron chi connectivity index (χ3n) is 3.01. The molecule has 1 unspecified atom stereocenters. The standard InChI is InChI=1S/C14H19N5S/c1-10(18-14-17-9-16-13(15)19-14)7-8-11-5-3-4-6-12(11)20-2/h3-6,9-10H,7-8H2,1-2H3,(H3,15,16,17,18,19). The number of rotatable bonds is 6. The second kappa shape index (κ2) is 7.09. The summed E-state index contributed by atoms with van der Waals surface area (Å²) in [5.74, 6) is 0.769. The van der Waals surface area contributed by atoms with Gasteiger partial charge in [0.25, 0.3) is 0 Å². The van der Waals surface area contributed by atoms with Crippen LogP contribution in [0.15, 0.2) is 35.5 Å². The van der Waals surface area contributed by atoms with E-state index >= 15 is 0 Å². The van der Waals surface area contributed by atoms with Crippen LogP contribution in [0.5, 0.6) is 0 Å². The highest BCUT2D eigenvalue weighted by Crippen LogP contribution is 2.21. The lowest BCUT2D eigenvalue weighted by atomic mass is 10.1. The Balaban J connectivity index is 1.90. The maximum absolute atomic E-state index is 5.53. The summed E-state index contributed by atoms with van der Waals surface area (Å²) in [6, 6.07) is 8.76. The Morgan fingerprint density at radius 1 is 1.30 bits per heavy atom. The van der Waals surface area contributed by atoms with Crippen LogP contribution < -0.4 is 11.1 Å². The summed E-state index contributed by atoms with van der Waals surface area (Å²) in [6.45, 7) is 2.11. The molecule has 0 radical (unpaired) electrons. The summed E-state index contributed by atoms with van der Waals surface area (Å²) in [7, 11) is 0. The molecule has 6 heteroatoms. The van der Waals surface area contributed by atoms with Crippen LogP contribution in [0.2, 0.25) is 0 Å². The van der Waals surface area contributed by atoms with E-state index in [4.69, 9.17) is 5.73 Å². The Kier molecular flexibility index (Phi) is 5.17. The number of benzene rings is 1. The molecule has 1 aromatic carbocycles. The molecule has 3 N–H and O–H groups in total. The normalized spacial score (nSPS) is 12.1. The fraction of sp³-hybridized carbons (Fsp3) is 0.357. The van der Waals surface area contributed by atoms with Gasteiger partial charge in [-0.3, -0.25) is 0 Å². The number of nitrogens with two attached hydrogens (primary N) is 1. The monoisotopic (exact) mass is 289 g/mol. The first-order valence-electron chi connectivity index (χ1n) is 6.52. The highest BCUT2D eigenvalue weighted by molar-refractivity contribution is 7.98. The summed E-state index contributed by atoms with van der Waals surface area (Å²) in [5.41, 5.74) is 6.91. The van der Waals surface area contributed by atoms with Gasteiger partial charge in [0.05, 0.1) is 0 Å².